The number of amides is 1. The first-order chi connectivity index (χ1) is 7.56. The maximum atomic E-state index is 11.9. The van der Waals surface area contributed by atoms with Crippen molar-refractivity contribution in [2.45, 2.75) is 39.2 Å². The minimum Gasteiger partial charge on any atom is -0.396 e. The van der Waals surface area contributed by atoms with Gasteiger partial charge >= 0.3 is 0 Å². The molecule has 0 aliphatic rings. The van der Waals surface area contributed by atoms with Crippen molar-refractivity contribution in [3.8, 4) is 0 Å². The van der Waals surface area contributed by atoms with Crippen molar-refractivity contribution in [3.63, 3.8) is 0 Å². The normalized spacial score (nSPS) is 12.8. The van der Waals surface area contributed by atoms with Gasteiger partial charge in [-0.2, -0.15) is 0 Å². The Balaban J connectivity index is 2.69. The van der Waals surface area contributed by atoms with Gasteiger partial charge in [-0.25, -0.2) is 0 Å². The van der Waals surface area contributed by atoms with Crippen LogP contribution in [0.2, 0.25) is 0 Å². The third-order valence-corrected chi connectivity index (χ3v) is 3.39. The lowest BCUT2D eigenvalue weighted by Crippen LogP contribution is -2.33. The van der Waals surface area contributed by atoms with Gasteiger partial charge in [0.05, 0.1) is 4.88 Å². The maximum absolute atomic E-state index is 11.9. The molecule has 1 unspecified atom stereocenters. The lowest BCUT2D eigenvalue weighted by atomic mass is 10.0. The Hall–Kier alpha value is -0.870. The highest BCUT2D eigenvalue weighted by Crippen LogP contribution is 2.24. The van der Waals surface area contributed by atoms with Crippen LogP contribution in [0.1, 0.15) is 48.3 Å². The molecule has 16 heavy (non-hydrogen) atoms. The van der Waals surface area contributed by atoms with Crippen LogP contribution in [0.4, 0.5) is 0 Å². The van der Waals surface area contributed by atoms with Crippen LogP contribution in [-0.2, 0) is 0 Å². The topological polar surface area (TPSA) is 49.3 Å². The first kappa shape index (κ1) is 13.2. The average molecular weight is 241 g/mol. The van der Waals surface area contributed by atoms with E-state index in [9.17, 15) is 4.79 Å². The molecule has 2 N–H and O–H groups in total. The Morgan fingerprint density at radius 2 is 2.19 bits per heavy atom. The Kier molecular flexibility index (Phi) is 4.96. The molecule has 0 fully saturated rings. The summed E-state index contributed by atoms with van der Waals surface area (Å²) in [6.45, 7) is 6.16. The van der Waals surface area contributed by atoms with Crippen molar-refractivity contribution in [2.24, 2.45) is 0 Å². The fraction of sp³-hybridized carbons (Fsp3) is 0.583. The molecule has 1 atom stereocenters. The number of carbonyl (C=O) groups excluding carboxylic acids is 1. The summed E-state index contributed by atoms with van der Waals surface area (Å²) in [7, 11) is 0. The molecule has 0 aliphatic carbocycles. The lowest BCUT2D eigenvalue weighted by Gasteiger charge is -2.13. The number of aliphatic hydroxyl groups is 1. The first-order valence-corrected chi connectivity index (χ1v) is 6.43. The molecule has 0 aromatic carbocycles. The summed E-state index contributed by atoms with van der Waals surface area (Å²) in [5.41, 5.74) is 1.10. The molecule has 0 spiro atoms. The van der Waals surface area contributed by atoms with Gasteiger partial charge in [0.15, 0.2) is 0 Å². The molecule has 0 radical (unpaired) electrons. The van der Waals surface area contributed by atoms with Crippen LogP contribution < -0.4 is 5.32 Å². The number of aliphatic hydroxyl groups excluding tert-OH is 1. The summed E-state index contributed by atoms with van der Waals surface area (Å²) in [6.07, 6.45) is 0.591. The van der Waals surface area contributed by atoms with Gasteiger partial charge in [-0.1, -0.05) is 13.8 Å². The van der Waals surface area contributed by atoms with E-state index in [0.717, 1.165) is 10.4 Å². The van der Waals surface area contributed by atoms with E-state index in [2.05, 4.69) is 19.2 Å². The average Bonchev–Trinajstić information content (AvgIpc) is 2.65. The van der Waals surface area contributed by atoms with Gasteiger partial charge in [0, 0.05) is 12.6 Å². The molecule has 1 rings (SSSR count). The van der Waals surface area contributed by atoms with Crippen molar-refractivity contribution >= 4 is 17.2 Å². The van der Waals surface area contributed by atoms with Gasteiger partial charge in [0.1, 0.15) is 0 Å². The summed E-state index contributed by atoms with van der Waals surface area (Å²) < 4.78 is 0. The van der Waals surface area contributed by atoms with Gasteiger partial charge in [-0.05, 0) is 36.3 Å². The smallest absolute Gasteiger partial charge is 0.261 e. The second kappa shape index (κ2) is 6.01. The number of nitrogens with one attached hydrogen (secondary N) is 1. The molecule has 1 aromatic heterocycles. The van der Waals surface area contributed by atoms with Gasteiger partial charge in [0.2, 0.25) is 0 Å². The Bertz CT molecular complexity index is 347. The van der Waals surface area contributed by atoms with E-state index in [1.165, 1.54) is 11.3 Å². The largest absolute Gasteiger partial charge is 0.396 e. The van der Waals surface area contributed by atoms with E-state index in [0.29, 0.717) is 12.3 Å². The summed E-state index contributed by atoms with van der Waals surface area (Å²) in [4.78, 5) is 12.7. The van der Waals surface area contributed by atoms with Crippen molar-refractivity contribution in [2.75, 3.05) is 6.61 Å². The van der Waals surface area contributed by atoms with E-state index in [1.54, 1.807) is 0 Å². The van der Waals surface area contributed by atoms with Crippen LogP contribution in [-0.4, -0.2) is 23.7 Å². The number of carbonyl (C=O) groups is 1. The second-order valence-corrected chi connectivity index (χ2v) is 5.16. The van der Waals surface area contributed by atoms with E-state index in [1.807, 2.05) is 18.4 Å². The fourth-order valence-electron chi connectivity index (χ4n) is 1.51. The Labute approximate surface area is 100 Å². The standard InChI is InChI=1S/C12H19NO2S/c1-8(2)10-5-7-16-11(10)12(15)13-9(3)4-6-14/h5,7-9,14H,4,6H2,1-3H3,(H,13,15). The van der Waals surface area contributed by atoms with Crippen molar-refractivity contribution in [3.05, 3.63) is 21.9 Å². The zero-order valence-corrected chi connectivity index (χ0v) is 10.8. The minimum atomic E-state index is -0.0281. The van der Waals surface area contributed by atoms with Crippen molar-refractivity contribution < 1.29 is 9.90 Å². The van der Waals surface area contributed by atoms with Gasteiger partial charge in [-0.3, -0.25) is 4.79 Å². The van der Waals surface area contributed by atoms with E-state index < -0.39 is 0 Å². The van der Waals surface area contributed by atoms with Crippen LogP contribution in [0.3, 0.4) is 0 Å². The molecule has 0 bridgehead atoms. The van der Waals surface area contributed by atoms with Crippen LogP contribution in [0.15, 0.2) is 11.4 Å². The zero-order valence-electron chi connectivity index (χ0n) is 9.99. The highest BCUT2D eigenvalue weighted by Gasteiger charge is 2.16. The van der Waals surface area contributed by atoms with Gasteiger partial charge in [-0.15, -0.1) is 11.3 Å². The predicted molar refractivity (Wildman–Crippen MR) is 67.0 cm³/mol. The van der Waals surface area contributed by atoms with Crippen LogP contribution in [0, 0.1) is 0 Å². The molecule has 0 saturated carbocycles. The quantitative estimate of drug-likeness (QED) is 0.831. The van der Waals surface area contributed by atoms with Crippen LogP contribution >= 0.6 is 11.3 Å². The lowest BCUT2D eigenvalue weighted by molar-refractivity contribution is 0.0937. The monoisotopic (exact) mass is 241 g/mol. The maximum Gasteiger partial charge on any atom is 0.261 e. The predicted octanol–water partition coefficient (Wildman–Crippen LogP) is 2.37. The molecule has 1 aromatic rings. The molecule has 3 nitrogen and oxygen atoms in total. The first-order valence-electron chi connectivity index (χ1n) is 5.55. The number of hydrogen-bond donors (Lipinski definition) is 2. The number of thiophene rings is 1. The van der Waals surface area contributed by atoms with Crippen LogP contribution in [0.5, 0.6) is 0 Å². The van der Waals surface area contributed by atoms with Crippen molar-refractivity contribution in [1.82, 2.24) is 5.32 Å². The molecule has 0 aliphatic heterocycles. The number of hydrogen-bond acceptors (Lipinski definition) is 3. The Morgan fingerprint density at radius 1 is 1.50 bits per heavy atom. The highest BCUT2D eigenvalue weighted by atomic mass is 32.1. The molecule has 1 amide bonds. The molecular weight excluding hydrogens is 222 g/mol. The summed E-state index contributed by atoms with van der Waals surface area (Å²) in [6, 6.07) is 2.01. The summed E-state index contributed by atoms with van der Waals surface area (Å²) in [5, 5.41) is 13.6. The molecule has 4 heteroatoms. The molecule has 90 valence electrons. The molecule has 1 heterocycles. The van der Waals surface area contributed by atoms with Gasteiger partial charge in [0.25, 0.3) is 5.91 Å². The van der Waals surface area contributed by atoms with E-state index in [-0.39, 0.29) is 18.6 Å². The third kappa shape index (κ3) is 3.32. The zero-order chi connectivity index (χ0) is 12.1. The SMILES string of the molecule is CC(CCO)NC(=O)c1sccc1C(C)C. The molecular formula is C12H19NO2S. The van der Waals surface area contributed by atoms with Crippen LogP contribution in [0.25, 0.3) is 0 Å². The summed E-state index contributed by atoms with van der Waals surface area (Å²) in [5.74, 6) is 0.333. The minimum absolute atomic E-state index is 0.0135. The van der Waals surface area contributed by atoms with E-state index >= 15 is 0 Å². The summed E-state index contributed by atoms with van der Waals surface area (Å²) >= 11 is 1.47. The molecule has 0 saturated heterocycles. The van der Waals surface area contributed by atoms with Gasteiger partial charge < -0.3 is 10.4 Å². The second-order valence-electron chi connectivity index (χ2n) is 4.25. The third-order valence-electron chi connectivity index (χ3n) is 2.46. The highest BCUT2D eigenvalue weighted by molar-refractivity contribution is 7.12. The van der Waals surface area contributed by atoms with E-state index in [4.69, 9.17) is 5.11 Å². The fourth-order valence-corrected chi connectivity index (χ4v) is 2.47. The Morgan fingerprint density at radius 3 is 2.75 bits per heavy atom. The van der Waals surface area contributed by atoms with Crippen molar-refractivity contribution in [1.29, 1.82) is 0 Å². The number of rotatable bonds is 5.